The molecule has 4 nitrogen and oxygen atoms in total. The molecule has 1 amide bonds. The number of nitrogens with one attached hydrogen (secondary N) is 1. The number of aliphatic hydroxyl groups excluding tert-OH is 1. The summed E-state index contributed by atoms with van der Waals surface area (Å²) >= 11 is 5.42. The van der Waals surface area contributed by atoms with Crippen molar-refractivity contribution in [2.45, 2.75) is 37.0 Å². The van der Waals surface area contributed by atoms with E-state index in [2.05, 4.69) is 5.32 Å². The number of hydrogen-bond acceptors (Lipinski definition) is 3. The molecule has 1 unspecified atom stereocenters. The third-order valence-corrected chi connectivity index (χ3v) is 3.52. The van der Waals surface area contributed by atoms with Crippen LogP contribution in [0.1, 0.15) is 19.8 Å². The maximum Gasteiger partial charge on any atom is 0.235 e. The quantitative estimate of drug-likeness (QED) is 0.659. The van der Waals surface area contributed by atoms with Crippen LogP contribution < -0.4 is 5.32 Å². The number of carbonyl (C=O) groups excluding carboxylic acids is 1. The molecule has 2 heterocycles. The molecule has 2 saturated heterocycles. The highest BCUT2D eigenvalue weighted by Crippen LogP contribution is 2.54. The molecule has 0 aromatic rings. The van der Waals surface area contributed by atoms with Gasteiger partial charge in [-0.3, -0.25) is 4.79 Å². The van der Waals surface area contributed by atoms with Crippen LogP contribution in [0.25, 0.3) is 0 Å². The molecule has 2 aliphatic heterocycles. The highest BCUT2D eigenvalue weighted by molar-refractivity contribution is 6.27. The van der Waals surface area contributed by atoms with Crippen molar-refractivity contribution in [3.05, 3.63) is 0 Å². The first-order chi connectivity index (χ1) is 6.56. The van der Waals surface area contributed by atoms with Gasteiger partial charge in [-0.15, -0.1) is 11.6 Å². The van der Waals surface area contributed by atoms with Gasteiger partial charge in [0.2, 0.25) is 5.91 Å². The van der Waals surface area contributed by atoms with Gasteiger partial charge in [-0.2, -0.15) is 0 Å². The Balaban J connectivity index is 2.04. The van der Waals surface area contributed by atoms with Gasteiger partial charge in [0.1, 0.15) is 5.88 Å². The predicted molar refractivity (Wildman–Crippen MR) is 51.2 cm³/mol. The molecule has 3 fully saturated rings. The minimum atomic E-state index is -0.404. The normalized spacial score (nSPS) is 44.6. The molecule has 5 heteroatoms. The van der Waals surface area contributed by atoms with Crippen LogP contribution in [0, 0.1) is 0 Å². The van der Waals surface area contributed by atoms with Crippen molar-refractivity contribution in [1.82, 2.24) is 5.32 Å². The van der Waals surface area contributed by atoms with E-state index in [0.717, 1.165) is 0 Å². The number of ether oxygens (including phenoxy) is 1. The average Bonchev–Trinajstić information content (AvgIpc) is 2.52. The second kappa shape index (κ2) is 3.08. The van der Waals surface area contributed by atoms with E-state index >= 15 is 0 Å². The van der Waals surface area contributed by atoms with Crippen molar-refractivity contribution in [2.24, 2.45) is 0 Å². The van der Waals surface area contributed by atoms with Crippen LogP contribution in [0.15, 0.2) is 0 Å². The van der Waals surface area contributed by atoms with Gasteiger partial charge in [0.05, 0.1) is 23.9 Å². The Hall–Kier alpha value is -0.320. The molecule has 2 N–H and O–H groups in total. The summed E-state index contributed by atoms with van der Waals surface area (Å²) in [4.78, 5) is 11.2. The lowest BCUT2D eigenvalue weighted by Crippen LogP contribution is -2.62. The monoisotopic (exact) mass is 219 g/mol. The number of amides is 1. The zero-order valence-electron chi connectivity index (χ0n) is 8.05. The fourth-order valence-electron chi connectivity index (χ4n) is 2.61. The summed E-state index contributed by atoms with van der Waals surface area (Å²) in [6.45, 7) is 1.94. The molecule has 80 valence electrons. The van der Waals surface area contributed by atoms with Crippen molar-refractivity contribution in [3.8, 4) is 0 Å². The molecule has 0 aromatic carbocycles. The SMILES string of the molecule is CC1OC2(CO)CC1(NC(=O)CCl)C2. The number of hydrogen-bond donors (Lipinski definition) is 2. The van der Waals surface area contributed by atoms with E-state index in [1.807, 2.05) is 6.92 Å². The summed E-state index contributed by atoms with van der Waals surface area (Å²) in [5, 5.41) is 12.0. The third kappa shape index (κ3) is 1.25. The fraction of sp³-hybridized carbons (Fsp3) is 0.889. The smallest absolute Gasteiger partial charge is 0.235 e. The van der Waals surface area contributed by atoms with Crippen molar-refractivity contribution < 1.29 is 14.6 Å². The summed E-state index contributed by atoms with van der Waals surface area (Å²) in [6.07, 6.45) is 1.35. The Morgan fingerprint density at radius 3 is 2.79 bits per heavy atom. The Bertz CT molecular complexity index is 263. The lowest BCUT2D eigenvalue weighted by Gasteiger charge is -2.44. The van der Waals surface area contributed by atoms with Crippen LogP contribution in [-0.2, 0) is 9.53 Å². The van der Waals surface area contributed by atoms with Crippen molar-refractivity contribution in [2.75, 3.05) is 12.5 Å². The zero-order chi connectivity index (χ0) is 10.4. The molecule has 0 aromatic heterocycles. The first-order valence-electron chi connectivity index (χ1n) is 4.71. The summed E-state index contributed by atoms with van der Waals surface area (Å²) < 4.78 is 5.61. The molecular formula is C9H14ClNO3. The highest BCUT2D eigenvalue weighted by atomic mass is 35.5. The fourth-order valence-corrected chi connectivity index (χ4v) is 2.67. The van der Waals surface area contributed by atoms with Crippen LogP contribution >= 0.6 is 11.6 Å². The van der Waals surface area contributed by atoms with Crippen molar-refractivity contribution >= 4 is 17.5 Å². The number of alkyl halides is 1. The first kappa shape index (κ1) is 10.2. The van der Waals surface area contributed by atoms with Gasteiger partial charge in [-0.05, 0) is 6.92 Å². The number of carbonyl (C=O) groups is 1. The van der Waals surface area contributed by atoms with Gasteiger partial charge in [0.15, 0.2) is 0 Å². The molecule has 1 aliphatic carbocycles. The van der Waals surface area contributed by atoms with E-state index in [9.17, 15) is 4.79 Å². The van der Waals surface area contributed by atoms with Gasteiger partial charge in [0, 0.05) is 12.8 Å². The van der Waals surface area contributed by atoms with E-state index in [4.69, 9.17) is 21.4 Å². The van der Waals surface area contributed by atoms with Gasteiger partial charge >= 0.3 is 0 Å². The number of halogens is 1. The zero-order valence-corrected chi connectivity index (χ0v) is 8.80. The molecule has 1 saturated carbocycles. The Morgan fingerprint density at radius 1 is 1.71 bits per heavy atom. The molecule has 0 radical (unpaired) electrons. The van der Waals surface area contributed by atoms with Crippen LogP contribution in [0.4, 0.5) is 0 Å². The molecule has 0 spiro atoms. The topological polar surface area (TPSA) is 58.6 Å². The predicted octanol–water partition coefficient (Wildman–Crippen LogP) is 0.0238. The van der Waals surface area contributed by atoms with Gasteiger partial charge < -0.3 is 15.2 Å². The number of rotatable bonds is 3. The van der Waals surface area contributed by atoms with Gasteiger partial charge in [-0.1, -0.05) is 0 Å². The minimum Gasteiger partial charge on any atom is -0.393 e. The van der Waals surface area contributed by atoms with Crippen molar-refractivity contribution in [1.29, 1.82) is 0 Å². The van der Waals surface area contributed by atoms with E-state index in [0.29, 0.717) is 12.8 Å². The standard InChI is InChI=1S/C9H14ClNO3/c1-6-9(11-7(13)2-10)3-8(4-9,5-12)14-6/h6,12H,2-5H2,1H3,(H,11,13). The van der Waals surface area contributed by atoms with E-state index in [-0.39, 0.29) is 30.0 Å². The molecular weight excluding hydrogens is 206 g/mol. The maximum absolute atomic E-state index is 11.2. The summed E-state index contributed by atoms with van der Waals surface area (Å²) in [5.74, 6) is -0.198. The summed E-state index contributed by atoms with van der Waals surface area (Å²) in [5.41, 5.74) is -0.687. The van der Waals surface area contributed by atoms with Gasteiger partial charge in [-0.25, -0.2) is 0 Å². The molecule has 1 atom stereocenters. The largest absolute Gasteiger partial charge is 0.393 e. The molecule has 14 heavy (non-hydrogen) atoms. The average molecular weight is 220 g/mol. The van der Waals surface area contributed by atoms with E-state index in [1.165, 1.54) is 0 Å². The second-order valence-corrected chi connectivity index (χ2v) is 4.56. The molecule has 3 aliphatic rings. The van der Waals surface area contributed by atoms with E-state index in [1.54, 1.807) is 0 Å². The van der Waals surface area contributed by atoms with Crippen LogP contribution in [0.3, 0.4) is 0 Å². The van der Waals surface area contributed by atoms with Crippen molar-refractivity contribution in [3.63, 3.8) is 0 Å². The van der Waals surface area contributed by atoms with Crippen LogP contribution in [0.5, 0.6) is 0 Å². The summed E-state index contributed by atoms with van der Waals surface area (Å²) in [7, 11) is 0. The lowest BCUT2D eigenvalue weighted by atomic mass is 9.66. The first-order valence-corrected chi connectivity index (χ1v) is 5.25. The highest BCUT2D eigenvalue weighted by Gasteiger charge is 2.66. The number of fused-ring (bicyclic) bond motifs is 1. The summed E-state index contributed by atoms with van der Waals surface area (Å²) in [6, 6.07) is 0. The van der Waals surface area contributed by atoms with Crippen LogP contribution in [0.2, 0.25) is 0 Å². The molecule has 3 rings (SSSR count). The Morgan fingerprint density at radius 2 is 2.36 bits per heavy atom. The second-order valence-electron chi connectivity index (χ2n) is 4.29. The Labute approximate surface area is 87.6 Å². The minimum absolute atomic E-state index is 0.0236. The number of aliphatic hydroxyl groups is 1. The van der Waals surface area contributed by atoms with E-state index < -0.39 is 5.60 Å². The third-order valence-electron chi connectivity index (χ3n) is 3.28. The van der Waals surface area contributed by atoms with Gasteiger partial charge in [0.25, 0.3) is 0 Å². The Kier molecular flexibility index (Phi) is 2.25. The lowest BCUT2D eigenvalue weighted by molar-refractivity contribution is -0.122. The van der Waals surface area contributed by atoms with Crippen LogP contribution in [-0.4, -0.2) is 40.7 Å². The molecule has 2 bridgehead atoms. The maximum atomic E-state index is 11.2.